The van der Waals surface area contributed by atoms with Crippen molar-refractivity contribution in [1.29, 1.82) is 0 Å². The molecule has 0 radical (unpaired) electrons. The van der Waals surface area contributed by atoms with Crippen LogP contribution in [0.25, 0.3) is 16.9 Å². The fourth-order valence-electron chi connectivity index (χ4n) is 2.04. The van der Waals surface area contributed by atoms with Crippen LogP contribution in [0.1, 0.15) is 18.1 Å². The minimum absolute atomic E-state index is 0.265. The van der Waals surface area contributed by atoms with Gasteiger partial charge in [0, 0.05) is 11.9 Å². The van der Waals surface area contributed by atoms with E-state index in [2.05, 4.69) is 9.97 Å². The van der Waals surface area contributed by atoms with Crippen LogP contribution in [0.15, 0.2) is 42.6 Å². The molecule has 1 unspecified atom stereocenters. The van der Waals surface area contributed by atoms with Gasteiger partial charge in [0.15, 0.2) is 5.65 Å². The van der Waals surface area contributed by atoms with Gasteiger partial charge < -0.3 is 0 Å². The first-order valence-corrected chi connectivity index (χ1v) is 6.34. The second kappa shape index (κ2) is 4.63. The van der Waals surface area contributed by atoms with Gasteiger partial charge in [0.2, 0.25) is 0 Å². The largest absolute Gasteiger partial charge is 0.279 e. The lowest BCUT2D eigenvalue weighted by Gasteiger charge is -2.09. The zero-order valence-electron chi connectivity index (χ0n) is 10.2. The van der Waals surface area contributed by atoms with E-state index in [4.69, 9.17) is 11.6 Å². The monoisotopic (exact) mass is 275 g/mol. The molecule has 0 fully saturated rings. The van der Waals surface area contributed by atoms with Crippen LogP contribution >= 0.6 is 11.6 Å². The van der Waals surface area contributed by atoms with E-state index in [1.54, 1.807) is 18.3 Å². The Morgan fingerprint density at radius 2 is 1.95 bits per heavy atom. The van der Waals surface area contributed by atoms with Crippen LogP contribution in [0, 0.1) is 5.82 Å². The molecule has 0 amide bonds. The van der Waals surface area contributed by atoms with Gasteiger partial charge in [-0.3, -0.25) is 4.57 Å². The first-order chi connectivity index (χ1) is 9.16. The number of hydrogen-bond acceptors (Lipinski definition) is 2. The van der Waals surface area contributed by atoms with Gasteiger partial charge >= 0.3 is 0 Å². The fraction of sp³-hybridized carbons (Fsp3) is 0.143. The quantitative estimate of drug-likeness (QED) is 0.665. The molecule has 3 rings (SSSR count). The second-order valence-electron chi connectivity index (χ2n) is 4.24. The number of rotatable bonds is 2. The third-order valence-corrected chi connectivity index (χ3v) is 3.08. The maximum absolute atomic E-state index is 13.0. The Balaban J connectivity index is 2.31. The summed E-state index contributed by atoms with van der Waals surface area (Å²) in [6.07, 6.45) is 1.70. The molecule has 2 heterocycles. The summed E-state index contributed by atoms with van der Waals surface area (Å²) in [7, 11) is 0. The standard InChI is InChI=1S/C14H11ClFN3/c1-9(15)13-18-12-3-2-8-17-14(12)19(13)11-6-4-10(16)5-7-11/h2-9H,1H3. The lowest BCUT2D eigenvalue weighted by Crippen LogP contribution is -2.02. The van der Waals surface area contributed by atoms with Crippen molar-refractivity contribution in [3.63, 3.8) is 0 Å². The Morgan fingerprint density at radius 1 is 1.21 bits per heavy atom. The summed E-state index contributed by atoms with van der Waals surface area (Å²) < 4.78 is 14.9. The van der Waals surface area contributed by atoms with Gasteiger partial charge in [-0.1, -0.05) is 0 Å². The van der Waals surface area contributed by atoms with Crippen molar-refractivity contribution in [2.75, 3.05) is 0 Å². The van der Waals surface area contributed by atoms with Gasteiger partial charge in [-0.2, -0.15) is 0 Å². The highest BCUT2D eigenvalue weighted by molar-refractivity contribution is 6.20. The lowest BCUT2D eigenvalue weighted by molar-refractivity contribution is 0.627. The Hall–Kier alpha value is -1.94. The van der Waals surface area contributed by atoms with E-state index in [1.807, 2.05) is 23.6 Å². The van der Waals surface area contributed by atoms with E-state index in [0.717, 1.165) is 16.9 Å². The highest BCUT2D eigenvalue weighted by Crippen LogP contribution is 2.26. The summed E-state index contributed by atoms with van der Waals surface area (Å²) in [5.74, 6) is 0.420. The van der Waals surface area contributed by atoms with Gasteiger partial charge in [-0.25, -0.2) is 14.4 Å². The van der Waals surface area contributed by atoms with E-state index in [9.17, 15) is 4.39 Å². The van der Waals surface area contributed by atoms with E-state index >= 15 is 0 Å². The topological polar surface area (TPSA) is 30.7 Å². The highest BCUT2D eigenvalue weighted by atomic mass is 35.5. The highest BCUT2D eigenvalue weighted by Gasteiger charge is 2.16. The van der Waals surface area contributed by atoms with Crippen LogP contribution < -0.4 is 0 Å². The molecule has 0 saturated carbocycles. The first kappa shape index (κ1) is 12.1. The second-order valence-corrected chi connectivity index (χ2v) is 4.90. The van der Waals surface area contributed by atoms with Gasteiger partial charge in [-0.05, 0) is 43.3 Å². The number of hydrogen-bond donors (Lipinski definition) is 0. The Labute approximate surface area is 114 Å². The van der Waals surface area contributed by atoms with Gasteiger partial charge in [0.1, 0.15) is 17.2 Å². The SMILES string of the molecule is CC(Cl)c1nc2cccnc2n1-c1ccc(F)cc1. The van der Waals surface area contributed by atoms with Gasteiger partial charge in [0.25, 0.3) is 0 Å². The Kier molecular flexibility index (Phi) is 2.95. The Morgan fingerprint density at radius 3 is 2.63 bits per heavy atom. The number of imidazole rings is 1. The van der Waals surface area contributed by atoms with E-state index in [0.29, 0.717) is 5.82 Å². The van der Waals surface area contributed by atoms with Crippen LogP contribution in [0.3, 0.4) is 0 Å². The number of benzene rings is 1. The van der Waals surface area contributed by atoms with E-state index in [-0.39, 0.29) is 11.2 Å². The third-order valence-electron chi connectivity index (χ3n) is 2.88. The summed E-state index contributed by atoms with van der Waals surface area (Å²) in [6.45, 7) is 1.85. The first-order valence-electron chi connectivity index (χ1n) is 5.90. The normalized spacial score (nSPS) is 12.8. The van der Waals surface area contributed by atoms with Crippen molar-refractivity contribution >= 4 is 22.8 Å². The van der Waals surface area contributed by atoms with Crippen molar-refractivity contribution in [1.82, 2.24) is 14.5 Å². The van der Waals surface area contributed by atoms with Crippen molar-refractivity contribution in [2.24, 2.45) is 0 Å². The summed E-state index contributed by atoms with van der Waals surface area (Å²) >= 11 is 6.18. The summed E-state index contributed by atoms with van der Waals surface area (Å²) in [6, 6.07) is 9.90. The predicted molar refractivity (Wildman–Crippen MR) is 73.1 cm³/mol. The van der Waals surface area contributed by atoms with Crippen LogP contribution in [0.2, 0.25) is 0 Å². The van der Waals surface area contributed by atoms with Crippen molar-refractivity contribution < 1.29 is 4.39 Å². The predicted octanol–water partition coefficient (Wildman–Crippen LogP) is 3.86. The number of fused-ring (bicyclic) bond motifs is 1. The average Bonchev–Trinajstić information content (AvgIpc) is 2.79. The molecule has 1 atom stereocenters. The molecule has 19 heavy (non-hydrogen) atoms. The summed E-state index contributed by atoms with van der Waals surface area (Å²) in [5.41, 5.74) is 2.29. The molecule has 0 N–H and O–H groups in total. The molecular weight excluding hydrogens is 265 g/mol. The van der Waals surface area contributed by atoms with Crippen LogP contribution in [0.5, 0.6) is 0 Å². The number of alkyl halides is 1. The summed E-state index contributed by atoms with van der Waals surface area (Å²) in [4.78, 5) is 8.82. The van der Waals surface area contributed by atoms with Crippen LogP contribution in [0.4, 0.5) is 4.39 Å². The van der Waals surface area contributed by atoms with Crippen LogP contribution in [-0.2, 0) is 0 Å². The van der Waals surface area contributed by atoms with Crippen LogP contribution in [-0.4, -0.2) is 14.5 Å². The fourth-order valence-corrected chi connectivity index (χ4v) is 2.19. The smallest absolute Gasteiger partial charge is 0.164 e. The van der Waals surface area contributed by atoms with Crippen molar-refractivity contribution in [3.8, 4) is 5.69 Å². The molecule has 0 aliphatic carbocycles. The number of halogens is 2. The number of nitrogens with zero attached hydrogens (tertiary/aromatic N) is 3. The molecule has 0 bridgehead atoms. The lowest BCUT2D eigenvalue weighted by atomic mass is 10.3. The maximum Gasteiger partial charge on any atom is 0.164 e. The van der Waals surface area contributed by atoms with Crippen molar-refractivity contribution in [2.45, 2.75) is 12.3 Å². The molecule has 96 valence electrons. The zero-order chi connectivity index (χ0) is 13.4. The number of pyridine rings is 1. The van der Waals surface area contributed by atoms with Crippen molar-refractivity contribution in [3.05, 3.63) is 54.2 Å². The molecule has 0 saturated heterocycles. The molecule has 2 aromatic heterocycles. The molecule has 0 spiro atoms. The Bertz CT molecular complexity index is 719. The average molecular weight is 276 g/mol. The zero-order valence-corrected chi connectivity index (χ0v) is 11.0. The molecule has 3 aromatic rings. The molecule has 3 nitrogen and oxygen atoms in total. The van der Waals surface area contributed by atoms with Gasteiger partial charge in [-0.15, -0.1) is 11.6 Å². The minimum Gasteiger partial charge on any atom is -0.279 e. The number of aromatic nitrogens is 3. The van der Waals surface area contributed by atoms with E-state index in [1.165, 1.54) is 12.1 Å². The molecule has 1 aromatic carbocycles. The van der Waals surface area contributed by atoms with Gasteiger partial charge in [0.05, 0.1) is 5.38 Å². The summed E-state index contributed by atoms with van der Waals surface area (Å²) in [5, 5.41) is -0.265. The van der Waals surface area contributed by atoms with E-state index < -0.39 is 0 Å². The molecule has 0 aliphatic rings. The molecule has 0 aliphatic heterocycles. The maximum atomic E-state index is 13.0. The third kappa shape index (κ3) is 2.08. The minimum atomic E-state index is -0.276. The molecule has 5 heteroatoms. The molecular formula is C14H11ClFN3.